The molecule has 0 fully saturated rings. The Bertz CT molecular complexity index is 1590. The van der Waals surface area contributed by atoms with Crippen molar-refractivity contribution in [3.63, 3.8) is 0 Å². The molecule has 0 N–H and O–H groups in total. The molecule has 0 spiro atoms. The van der Waals surface area contributed by atoms with E-state index < -0.39 is 66.0 Å². The molecule has 3 heterocycles. The van der Waals surface area contributed by atoms with Crippen LogP contribution < -0.4 is 15.2 Å². The number of benzene rings is 2. The van der Waals surface area contributed by atoms with E-state index in [-0.39, 0.29) is 5.75 Å². The molecular weight excluding hydrogens is 594 g/mol. The molecule has 1 aromatic heterocycles. The van der Waals surface area contributed by atoms with E-state index in [1.165, 1.54) is 46.7 Å². The van der Waals surface area contributed by atoms with Crippen molar-refractivity contribution in [1.29, 1.82) is 0 Å². The maximum atomic E-state index is 15.3. The van der Waals surface area contributed by atoms with Crippen LogP contribution in [0.5, 0.6) is 5.75 Å². The third kappa shape index (κ3) is 5.51. The Labute approximate surface area is 247 Å². The van der Waals surface area contributed by atoms with Crippen molar-refractivity contribution < 1.29 is 41.4 Å². The van der Waals surface area contributed by atoms with Crippen molar-refractivity contribution in [2.24, 2.45) is 0 Å². The van der Waals surface area contributed by atoms with Gasteiger partial charge in [0.25, 0.3) is 5.91 Å². The monoisotopic (exact) mass is 621 g/mol. The molecule has 2 aromatic carbocycles. The Morgan fingerprint density at radius 2 is 1.77 bits per heavy atom. The molecule has 0 aliphatic carbocycles. The first-order valence-corrected chi connectivity index (χ1v) is 14.1. The van der Waals surface area contributed by atoms with Gasteiger partial charge in [-0.15, -0.1) is 11.8 Å². The average molecular weight is 622 g/mol. The van der Waals surface area contributed by atoms with Crippen LogP contribution in [-0.2, 0) is 15.2 Å². The predicted octanol–water partition coefficient (Wildman–Crippen LogP) is 5.50. The molecule has 0 saturated heterocycles. The van der Waals surface area contributed by atoms with Crippen LogP contribution in [0.15, 0.2) is 58.4 Å². The molecule has 1 unspecified atom stereocenters. The molecule has 0 bridgehead atoms. The van der Waals surface area contributed by atoms with Crippen molar-refractivity contribution in [3.05, 3.63) is 92.6 Å². The number of aromatic nitrogens is 1. The smallest absolute Gasteiger partial charge is 0.448 e. The number of ether oxygens (including phenoxy) is 3. The lowest BCUT2D eigenvalue weighted by molar-refractivity contribution is -0.173. The van der Waals surface area contributed by atoms with E-state index in [4.69, 9.17) is 9.47 Å². The van der Waals surface area contributed by atoms with Crippen LogP contribution in [0, 0.1) is 12.7 Å². The molecule has 3 atom stereocenters. The first kappa shape index (κ1) is 30.3. The molecule has 5 rings (SSSR count). The van der Waals surface area contributed by atoms with E-state index in [9.17, 15) is 27.6 Å². The van der Waals surface area contributed by atoms with E-state index in [2.05, 4.69) is 4.74 Å². The molecule has 9 nitrogen and oxygen atoms in total. The number of aryl methyl sites for hydroxylation is 1. The number of carbonyl (C=O) groups excluding carboxylic acids is 2. The minimum absolute atomic E-state index is 0.263. The van der Waals surface area contributed by atoms with Crippen molar-refractivity contribution in [2.75, 3.05) is 18.8 Å². The molecule has 228 valence electrons. The van der Waals surface area contributed by atoms with Crippen LogP contribution in [0.1, 0.15) is 52.6 Å². The fourth-order valence-electron chi connectivity index (χ4n) is 5.22. The number of amides is 1. The van der Waals surface area contributed by atoms with Crippen molar-refractivity contribution in [2.45, 2.75) is 56.0 Å². The lowest BCUT2D eigenvalue weighted by atomic mass is 9.93. The summed E-state index contributed by atoms with van der Waals surface area (Å²) in [6.07, 6.45) is -6.15. The highest BCUT2D eigenvalue weighted by Crippen LogP contribution is 2.45. The number of hydrogen-bond donors (Lipinski definition) is 0. The number of thioether (sulfide) groups is 1. The number of methoxy groups -OCH3 is 1. The molecule has 0 saturated carbocycles. The lowest BCUT2D eigenvalue weighted by Gasteiger charge is -2.46. The van der Waals surface area contributed by atoms with Crippen molar-refractivity contribution in [1.82, 2.24) is 9.58 Å². The van der Waals surface area contributed by atoms with Gasteiger partial charge in [0.15, 0.2) is 5.69 Å². The summed E-state index contributed by atoms with van der Waals surface area (Å²) in [6.45, 7) is 3.40. The van der Waals surface area contributed by atoms with Crippen LogP contribution in [0.2, 0.25) is 0 Å². The number of pyridine rings is 1. The number of nitrogens with zero attached hydrogens (tertiary/aromatic N) is 3. The SMILES string of the molecule is COC(=O)OC(C)Oc1c2n(ccc1=O)N([C@H]1c3cccc(F)c3CSc3c(C)cccc31)CN([C@H](C)C(F)(F)F)C2=O. The average Bonchev–Trinajstić information content (AvgIpc) is 3.12. The summed E-state index contributed by atoms with van der Waals surface area (Å²) in [5.41, 5.74) is 1.06. The zero-order valence-electron chi connectivity index (χ0n) is 23.5. The number of hydrogen-bond acceptors (Lipinski definition) is 8. The Balaban J connectivity index is 1.77. The Hall–Kier alpha value is -4.20. The number of alkyl halides is 3. The van der Waals surface area contributed by atoms with Crippen LogP contribution in [0.25, 0.3) is 0 Å². The normalized spacial score (nSPS) is 17.7. The van der Waals surface area contributed by atoms with Gasteiger partial charge in [0.05, 0.1) is 13.2 Å². The quantitative estimate of drug-likeness (QED) is 0.210. The molecule has 43 heavy (non-hydrogen) atoms. The van der Waals surface area contributed by atoms with Gasteiger partial charge in [0, 0.05) is 35.4 Å². The van der Waals surface area contributed by atoms with Gasteiger partial charge in [0.1, 0.15) is 18.5 Å². The highest BCUT2D eigenvalue weighted by Gasteiger charge is 2.48. The Kier molecular flexibility index (Phi) is 8.07. The van der Waals surface area contributed by atoms with Gasteiger partial charge in [-0.25, -0.2) is 9.18 Å². The number of fused-ring (bicyclic) bond motifs is 3. The first-order valence-electron chi connectivity index (χ1n) is 13.1. The second-order valence-corrected chi connectivity index (χ2v) is 11.0. The predicted molar refractivity (Wildman–Crippen MR) is 148 cm³/mol. The summed E-state index contributed by atoms with van der Waals surface area (Å²) >= 11 is 1.40. The molecule has 2 aliphatic heterocycles. The Morgan fingerprint density at radius 1 is 1.07 bits per heavy atom. The summed E-state index contributed by atoms with van der Waals surface area (Å²) < 4.78 is 73.8. The molecule has 2 aliphatic rings. The molecular formula is C29H27F4N3O6S. The second-order valence-electron chi connectivity index (χ2n) is 10.0. The Morgan fingerprint density at radius 3 is 2.47 bits per heavy atom. The van der Waals surface area contributed by atoms with E-state index in [0.717, 1.165) is 30.6 Å². The number of rotatable bonds is 5. The topological polar surface area (TPSA) is 90.3 Å². The highest BCUT2D eigenvalue weighted by molar-refractivity contribution is 7.98. The summed E-state index contributed by atoms with van der Waals surface area (Å²) in [5.74, 6) is -1.97. The second kappa shape index (κ2) is 11.5. The maximum absolute atomic E-state index is 15.3. The molecule has 1 amide bonds. The van der Waals surface area contributed by atoms with Gasteiger partial charge in [-0.3, -0.25) is 19.3 Å². The summed E-state index contributed by atoms with van der Waals surface area (Å²) in [5, 5.41) is 1.47. The van der Waals surface area contributed by atoms with Gasteiger partial charge in [-0.2, -0.15) is 13.2 Å². The summed E-state index contributed by atoms with van der Waals surface area (Å²) in [7, 11) is 1.05. The maximum Gasteiger partial charge on any atom is 0.511 e. The fourth-order valence-corrected chi connectivity index (χ4v) is 6.45. The highest BCUT2D eigenvalue weighted by atomic mass is 32.2. The van der Waals surface area contributed by atoms with Gasteiger partial charge >= 0.3 is 12.3 Å². The largest absolute Gasteiger partial charge is 0.511 e. The summed E-state index contributed by atoms with van der Waals surface area (Å²) in [6, 6.07) is 7.94. The van der Waals surface area contributed by atoms with Crippen LogP contribution in [0.3, 0.4) is 0 Å². The third-order valence-electron chi connectivity index (χ3n) is 7.37. The summed E-state index contributed by atoms with van der Waals surface area (Å²) in [4.78, 5) is 39.9. The van der Waals surface area contributed by atoms with Crippen molar-refractivity contribution in [3.8, 4) is 5.75 Å². The van der Waals surface area contributed by atoms with Gasteiger partial charge in [0.2, 0.25) is 17.5 Å². The van der Waals surface area contributed by atoms with E-state index in [1.54, 1.807) is 18.2 Å². The van der Waals surface area contributed by atoms with Gasteiger partial charge in [-0.1, -0.05) is 30.3 Å². The van der Waals surface area contributed by atoms with Gasteiger partial charge < -0.3 is 19.1 Å². The zero-order valence-corrected chi connectivity index (χ0v) is 24.3. The standard InChI is InChI=1S/C29H27F4N3O6S/c1-15-7-5-9-19-23(18-8-6-10-21(30)20(18)13-43-26(15)19)36-14-34(16(2)29(31,32)33)27(38)24-25(22(37)11-12-35(24)36)41-17(3)42-28(39)40-4/h5-12,16-17,23H,13-14H2,1-4H3/t16-,17?,23+/m1/s1. The van der Waals surface area contributed by atoms with Gasteiger partial charge in [-0.05, 0) is 36.6 Å². The van der Waals surface area contributed by atoms with E-state index in [1.807, 2.05) is 13.0 Å². The molecule has 3 aromatic rings. The van der Waals surface area contributed by atoms with Crippen LogP contribution in [-0.4, -0.2) is 53.9 Å². The lowest BCUT2D eigenvalue weighted by Crippen LogP contribution is -2.60. The minimum Gasteiger partial charge on any atom is -0.448 e. The zero-order chi connectivity index (χ0) is 31.2. The van der Waals surface area contributed by atoms with Crippen molar-refractivity contribution >= 4 is 23.8 Å². The third-order valence-corrected chi connectivity index (χ3v) is 8.65. The van der Waals surface area contributed by atoms with E-state index >= 15 is 4.39 Å². The van der Waals surface area contributed by atoms with E-state index in [0.29, 0.717) is 21.6 Å². The first-order chi connectivity index (χ1) is 20.3. The minimum atomic E-state index is -4.82. The fraction of sp³-hybridized carbons (Fsp3) is 0.345. The molecule has 14 heteroatoms. The van der Waals surface area contributed by atoms with Crippen LogP contribution in [0.4, 0.5) is 22.4 Å². The number of carbonyl (C=O) groups is 2. The van der Waals surface area contributed by atoms with Crippen LogP contribution >= 0.6 is 11.8 Å². The molecule has 0 radical (unpaired) electrons. The number of halogens is 4.